The van der Waals surface area contributed by atoms with Crippen molar-refractivity contribution < 1.29 is 28.5 Å². The van der Waals surface area contributed by atoms with Gasteiger partial charge in [0, 0.05) is 6.08 Å². The molecule has 31 heavy (non-hydrogen) atoms. The van der Waals surface area contributed by atoms with Crippen LogP contribution in [0, 0.1) is 0 Å². The lowest BCUT2D eigenvalue weighted by Crippen LogP contribution is -2.10. The quantitative estimate of drug-likeness (QED) is 0.209. The summed E-state index contributed by atoms with van der Waals surface area (Å²) in [7, 11) is 3.18. The van der Waals surface area contributed by atoms with Crippen molar-refractivity contribution in [3.63, 3.8) is 0 Å². The summed E-state index contributed by atoms with van der Waals surface area (Å²) >= 11 is 0. The molecule has 0 spiro atoms. The maximum Gasteiger partial charge on any atom is 0.331 e. The van der Waals surface area contributed by atoms with E-state index in [2.05, 4.69) is 6.58 Å². The van der Waals surface area contributed by atoms with Crippen molar-refractivity contribution in [3.8, 4) is 23.0 Å². The van der Waals surface area contributed by atoms with Crippen LogP contribution in [-0.2, 0) is 16.0 Å². The maximum atomic E-state index is 11.6. The van der Waals surface area contributed by atoms with Crippen molar-refractivity contribution in [2.45, 2.75) is 26.4 Å². The molecule has 0 bridgehead atoms. The van der Waals surface area contributed by atoms with Gasteiger partial charge in [-0.05, 0) is 61.7 Å². The molecular weight excluding hydrogens is 396 g/mol. The minimum Gasteiger partial charge on any atom is -0.493 e. The first-order valence-electron chi connectivity index (χ1n) is 10.1. The number of rotatable bonds is 12. The van der Waals surface area contributed by atoms with Crippen LogP contribution < -0.4 is 18.9 Å². The van der Waals surface area contributed by atoms with Gasteiger partial charge in [0.2, 0.25) is 0 Å². The zero-order chi connectivity index (χ0) is 22.6. The molecule has 6 heteroatoms. The topological polar surface area (TPSA) is 63.2 Å². The standard InChI is InChI=1S/C25H30O6/c1-6-7-19-8-11-21(23(16-19)27-4)29-14-15-30-22-12-9-20(17-24(22)28-5)10-13-25(26)31-18(2)3/h6,8-13,16-18H,1,7,14-15H2,2-5H3/b13-10+. The zero-order valence-electron chi connectivity index (χ0n) is 18.6. The minimum atomic E-state index is -0.389. The van der Waals surface area contributed by atoms with E-state index >= 15 is 0 Å². The largest absolute Gasteiger partial charge is 0.493 e. The summed E-state index contributed by atoms with van der Waals surface area (Å²) in [5.74, 6) is 2.08. The van der Waals surface area contributed by atoms with Crippen LogP contribution >= 0.6 is 0 Å². The summed E-state index contributed by atoms with van der Waals surface area (Å²) in [6.45, 7) is 8.02. The summed E-state index contributed by atoms with van der Waals surface area (Å²) < 4.78 is 27.5. The summed E-state index contributed by atoms with van der Waals surface area (Å²) in [4.78, 5) is 11.6. The fourth-order valence-electron chi connectivity index (χ4n) is 2.77. The molecule has 0 saturated heterocycles. The van der Waals surface area contributed by atoms with Crippen LogP contribution in [0.1, 0.15) is 25.0 Å². The molecule has 0 radical (unpaired) electrons. The van der Waals surface area contributed by atoms with E-state index in [1.54, 1.807) is 46.3 Å². The van der Waals surface area contributed by atoms with Gasteiger partial charge >= 0.3 is 5.97 Å². The molecule has 0 atom stereocenters. The normalized spacial score (nSPS) is 10.7. The SMILES string of the molecule is C=CCc1ccc(OCCOc2ccc(/C=C/C(=O)OC(C)C)cc2OC)c(OC)c1. The highest BCUT2D eigenvalue weighted by Crippen LogP contribution is 2.30. The first kappa shape index (κ1) is 23.9. The third kappa shape index (κ3) is 7.74. The summed E-state index contributed by atoms with van der Waals surface area (Å²) in [5, 5.41) is 0. The smallest absolute Gasteiger partial charge is 0.331 e. The third-order valence-electron chi connectivity index (χ3n) is 4.16. The maximum absolute atomic E-state index is 11.6. The van der Waals surface area contributed by atoms with Gasteiger partial charge in [-0.25, -0.2) is 4.79 Å². The molecule has 0 aromatic heterocycles. The van der Waals surface area contributed by atoms with Crippen molar-refractivity contribution in [2.24, 2.45) is 0 Å². The number of carbonyl (C=O) groups excluding carboxylic acids is 1. The first-order valence-corrected chi connectivity index (χ1v) is 10.1. The van der Waals surface area contributed by atoms with Gasteiger partial charge in [-0.3, -0.25) is 0 Å². The Kier molecular flexibility index (Phi) is 9.49. The molecule has 0 aliphatic rings. The zero-order valence-corrected chi connectivity index (χ0v) is 18.6. The van der Waals surface area contributed by atoms with Crippen molar-refractivity contribution >= 4 is 12.0 Å². The predicted octanol–water partition coefficient (Wildman–Crippen LogP) is 4.85. The minimum absolute atomic E-state index is 0.158. The van der Waals surface area contributed by atoms with Crippen molar-refractivity contribution in [2.75, 3.05) is 27.4 Å². The molecule has 0 fully saturated rings. The molecule has 0 saturated carbocycles. The Bertz CT molecular complexity index is 901. The second-order valence-corrected chi connectivity index (χ2v) is 6.90. The number of hydrogen-bond donors (Lipinski definition) is 0. The average molecular weight is 427 g/mol. The number of carbonyl (C=O) groups is 1. The van der Waals surface area contributed by atoms with Gasteiger partial charge in [0.25, 0.3) is 0 Å². The van der Waals surface area contributed by atoms with Gasteiger partial charge in [-0.15, -0.1) is 6.58 Å². The molecule has 2 aromatic rings. The molecule has 166 valence electrons. The molecule has 2 rings (SSSR count). The highest BCUT2D eigenvalue weighted by Gasteiger charge is 2.08. The van der Waals surface area contributed by atoms with Crippen molar-refractivity contribution in [1.29, 1.82) is 0 Å². The van der Waals surface area contributed by atoms with E-state index in [9.17, 15) is 4.79 Å². The summed E-state index contributed by atoms with van der Waals surface area (Å²) in [6.07, 6.45) is 5.51. The van der Waals surface area contributed by atoms with Gasteiger partial charge in [-0.1, -0.05) is 18.2 Å². The van der Waals surface area contributed by atoms with Crippen LogP contribution in [0.5, 0.6) is 23.0 Å². The second-order valence-electron chi connectivity index (χ2n) is 6.90. The Labute approximate surface area is 184 Å². The number of ether oxygens (including phenoxy) is 5. The Morgan fingerprint density at radius 1 is 0.935 bits per heavy atom. The van der Waals surface area contributed by atoms with Crippen molar-refractivity contribution in [1.82, 2.24) is 0 Å². The van der Waals surface area contributed by atoms with Crippen LogP contribution in [0.25, 0.3) is 6.08 Å². The van der Waals surface area contributed by atoms with Crippen LogP contribution in [0.3, 0.4) is 0 Å². The lowest BCUT2D eigenvalue weighted by atomic mass is 10.1. The molecule has 0 aliphatic carbocycles. The monoisotopic (exact) mass is 426 g/mol. The van der Waals surface area contributed by atoms with E-state index in [-0.39, 0.29) is 12.1 Å². The predicted molar refractivity (Wildman–Crippen MR) is 121 cm³/mol. The highest BCUT2D eigenvalue weighted by molar-refractivity contribution is 5.87. The van der Waals surface area contributed by atoms with E-state index in [0.717, 1.165) is 17.5 Å². The van der Waals surface area contributed by atoms with Gasteiger partial charge in [-0.2, -0.15) is 0 Å². The Hall–Kier alpha value is -3.41. The average Bonchev–Trinajstić information content (AvgIpc) is 2.76. The molecule has 0 amide bonds. The number of methoxy groups -OCH3 is 2. The lowest BCUT2D eigenvalue weighted by molar-refractivity contribution is -0.141. The fourth-order valence-corrected chi connectivity index (χ4v) is 2.77. The van der Waals surface area contributed by atoms with Crippen LogP contribution in [-0.4, -0.2) is 39.5 Å². The van der Waals surface area contributed by atoms with Gasteiger partial charge < -0.3 is 23.7 Å². The van der Waals surface area contributed by atoms with Crippen LogP contribution in [0.2, 0.25) is 0 Å². The van der Waals surface area contributed by atoms with E-state index in [0.29, 0.717) is 36.2 Å². The molecule has 0 unspecified atom stereocenters. The van der Waals surface area contributed by atoms with Gasteiger partial charge in [0.1, 0.15) is 13.2 Å². The number of hydrogen-bond acceptors (Lipinski definition) is 6. The molecule has 0 aliphatic heterocycles. The van der Waals surface area contributed by atoms with E-state index < -0.39 is 0 Å². The van der Waals surface area contributed by atoms with E-state index in [1.165, 1.54) is 6.08 Å². The third-order valence-corrected chi connectivity index (χ3v) is 4.16. The van der Waals surface area contributed by atoms with E-state index in [1.807, 2.05) is 30.3 Å². The number of benzene rings is 2. The van der Waals surface area contributed by atoms with Crippen LogP contribution in [0.4, 0.5) is 0 Å². The van der Waals surface area contributed by atoms with Crippen LogP contribution in [0.15, 0.2) is 55.1 Å². The van der Waals surface area contributed by atoms with E-state index in [4.69, 9.17) is 23.7 Å². The first-order chi connectivity index (χ1) is 15.0. The van der Waals surface area contributed by atoms with Gasteiger partial charge in [0.15, 0.2) is 23.0 Å². The molecular formula is C25H30O6. The molecule has 0 N–H and O–H groups in total. The van der Waals surface area contributed by atoms with Gasteiger partial charge in [0.05, 0.1) is 20.3 Å². The Morgan fingerprint density at radius 2 is 1.55 bits per heavy atom. The summed E-state index contributed by atoms with van der Waals surface area (Å²) in [5.41, 5.74) is 1.90. The number of allylic oxidation sites excluding steroid dienone is 1. The highest BCUT2D eigenvalue weighted by atomic mass is 16.6. The Morgan fingerprint density at radius 3 is 2.13 bits per heavy atom. The summed E-state index contributed by atoms with van der Waals surface area (Å²) in [6, 6.07) is 11.2. The molecule has 0 heterocycles. The number of esters is 1. The second kappa shape index (κ2) is 12.3. The van der Waals surface area contributed by atoms with Crippen molar-refractivity contribution in [3.05, 3.63) is 66.3 Å². The fraction of sp³-hybridized carbons (Fsp3) is 0.320. The molecule has 6 nitrogen and oxygen atoms in total. The molecule has 2 aromatic carbocycles. The lowest BCUT2D eigenvalue weighted by Gasteiger charge is -2.14. The Balaban J connectivity index is 1.93.